The average molecular weight is 350 g/mol. The van der Waals surface area contributed by atoms with Gasteiger partial charge in [-0.1, -0.05) is 18.2 Å². The van der Waals surface area contributed by atoms with Crippen molar-refractivity contribution in [1.82, 2.24) is 9.78 Å². The zero-order valence-electron chi connectivity index (χ0n) is 14.7. The largest absolute Gasteiger partial charge is 0.485 e. The van der Waals surface area contributed by atoms with E-state index in [2.05, 4.69) is 10.4 Å². The number of carbonyl (C=O) groups excluding carboxylic acids is 1. The molecule has 0 radical (unpaired) electrons. The van der Waals surface area contributed by atoms with Gasteiger partial charge in [-0.15, -0.1) is 0 Å². The maximum atomic E-state index is 12.3. The number of nitriles is 1. The van der Waals surface area contributed by atoms with E-state index in [1.54, 1.807) is 19.2 Å². The van der Waals surface area contributed by atoms with E-state index in [1.807, 2.05) is 38.1 Å². The maximum absolute atomic E-state index is 12.3. The van der Waals surface area contributed by atoms with Crippen molar-refractivity contribution in [3.63, 3.8) is 0 Å². The maximum Gasteiger partial charge on any atom is 0.292 e. The van der Waals surface area contributed by atoms with Crippen LogP contribution in [-0.2, 0) is 13.7 Å². The summed E-state index contributed by atoms with van der Waals surface area (Å²) in [4.78, 5) is 12.3. The van der Waals surface area contributed by atoms with E-state index >= 15 is 0 Å². The van der Waals surface area contributed by atoms with Crippen LogP contribution in [0.2, 0.25) is 0 Å². The van der Waals surface area contributed by atoms with E-state index in [-0.39, 0.29) is 17.9 Å². The molecule has 3 rings (SSSR count). The number of nitrogens with one attached hydrogen (secondary N) is 1. The summed E-state index contributed by atoms with van der Waals surface area (Å²) in [6.07, 6.45) is 1.39. The molecule has 7 heteroatoms. The lowest BCUT2D eigenvalue weighted by atomic mass is 10.1. The highest BCUT2D eigenvalue weighted by Crippen LogP contribution is 2.24. The summed E-state index contributed by atoms with van der Waals surface area (Å²) in [6.45, 7) is 4.17. The molecule has 132 valence electrons. The molecule has 3 aromatic rings. The molecule has 1 amide bonds. The molecule has 2 heterocycles. The SMILES string of the molecule is Cc1cccc(C)c1OCc1ccc(C(=O)Nc2c(C#N)cnn2C)o1. The Morgan fingerprint density at radius 3 is 2.73 bits per heavy atom. The summed E-state index contributed by atoms with van der Waals surface area (Å²) >= 11 is 0. The van der Waals surface area contributed by atoms with E-state index in [1.165, 1.54) is 10.9 Å². The van der Waals surface area contributed by atoms with E-state index in [4.69, 9.17) is 14.4 Å². The third-order valence-corrected chi connectivity index (χ3v) is 3.94. The Kier molecular flexibility index (Phi) is 4.76. The van der Waals surface area contributed by atoms with Crippen LogP contribution in [0.3, 0.4) is 0 Å². The molecule has 1 N–H and O–H groups in total. The topological polar surface area (TPSA) is 93.1 Å². The number of anilines is 1. The van der Waals surface area contributed by atoms with Crippen LogP contribution in [0.1, 0.15) is 33.0 Å². The molecule has 0 unspecified atom stereocenters. The molecule has 0 saturated carbocycles. The van der Waals surface area contributed by atoms with Gasteiger partial charge in [0.05, 0.1) is 6.20 Å². The number of aryl methyl sites for hydroxylation is 3. The molecule has 0 aliphatic carbocycles. The molecule has 0 atom stereocenters. The van der Waals surface area contributed by atoms with Gasteiger partial charge in [0.1, 0.15) is 35.6 Å². The first kappa shape index (κ1) is 17.3. The lowest BCUT2D eigenvalue weighted by Gasteiger charge is -2.10. The Balaban J connectivity index is 1.69. The molecule has 0 fully saturated rings. The third kappa shape index (κ3) is 3.44. The number of nitrogens with zero attached hydrogens (tertiary/aromatic N) is 3. The summed E-state index contributed by atoms with van der Waals surface area (Å²) in [5.74, 6) is 1.34. The van der Waals surface area contributed by atoms with Gasteiger partial charge in [-0.3, -0.25) is 9.48 Å². The van der Waals surface area contributed by atoms with Crippen LogP contribution in [0, 0.1) is 25.2 Å². The first-order chi connectivity index (χ1) is 12.5. The van der Waals surface area contributed by atoms with Gasteiger partial charge < -0.3 is 14.5 Å². The molecule has 2 aromatic heterocycles. The quantitative estimate of drug-likeness (QED) is 0.762. The summed E-state index contributed by atoms with van der Waals surface area (Å²) in [5, 5.41) is 15.6. The fourth-order valence-corrected chi connectivity index (χ4v) is 2.58. The number of rotatable bonds is 5. The van der Waals surface area contributed by atoms with E-state index in [0.29, 0.717) is 11.6 Å². The summed E-state index contributed by atoms with van der Waals surface area (Å²) in [5.41, 5.74) is 2.36. The van der Waals surface area contributed by atoms with Crippen LogP contribution in [-0.4, -0.2) is 15.7 Å². The minimum Gasteiger partial charge on any atom is -0.485 e. The lowest BCUT2D eigenvalue weighted by Crippen LogP contribution is -2.14. The van der Waals surface area contributed by atoms with Crippen LogP contribution >= 0.6 is 0 Å². The van der Waals surface area contributed by atoms with Crippen LogP contribution in [0.15, 0.2) is 40.9 Å². The first-order valence-electron chi connectivity index (χ1n) is 8.00. The number of amides is 1. The molecule has 7 nitrogen and oxygen atoms in total. The van der Waals surface area contributed by atoms with Gasteiger partial charge >= 0.3 is 0 Å². The van der Waals surface area contributed by atoms with Crippen molar-refractivity contribution in [3.8, 4) is 11.8 Å². The van der Waals surface area contributed by atoms with Crippen LogP contribution in [0.4, 0.5) is 5.82 Å². The van der Waals surface area contributed by atoms with Crippen LogP contribution in [0.5, 0.6) is 5.75 Å². The minimum absolute atomic E-state index is 0.134. The number of hydrogen-bond donors (Lipinski definition) is 1. The summed E-state index contributed by atoms with van der Waals surface area (Å²) < 4.78 is 12.8. The van der Waals surface area contributed by atoms with Crippen LogP contribution in [0.25, 0.3) is 0 Å². The first-order valence-corrected chi connectivity index (χ1v) is 8.00. The average Bonchev–Trinajstić information content (AvgIpc) is 3.22. The normalized spacial score (nSPS) is 10.4. The number of carbonyl (C=O) groups is 1. The van der Waals surface area contributed by atoms with Crippen LogP contribution < -0.4 is 10.1 Å². The van der Waals surface area contributed by atoms with Gasteiger partial charge in [0.15, 0.2) is 5.76 Å². The number of para-hydroxylation sites is 1. The Morgan fingerprint density at radius 1 is 1.31 bits per heavy atom. The standard InChI is InChI=1S/C19H18N4O3/c1-12-5-4-6-13(2)17(12)25-11-15-7-8-16(26-15)19(24)22-18-14(9-20)10-21-23(18)3/h4-8,10H,11H2,1-3H3,(H,22,24). The van der Waals surface area contributed by atoms with Gasteiger partial charge in [0.25, 0.3) is 5.91 Å². The molecular formula is C19H18N4O3. The second-order valence-corrected chi connectivity index (χ2v) is 5.87. The van der Waals surface area contributed by atoms with Crippen molar-refractivity contribution in [2.45, 2.75) is 20.5 Å². The predicted molar refractivity (Wildman–Crippen MR) is 94.8 cm³/mol. The molecule has 0 aliphatic rings. The minimum atomic E-state index is -0.455. The number of furan rings is 1. The number of benzene rings is 1. The Morgan fingerprint density at radius 2 is 2.04 bits per heavy atom. The predicted octanol–water partition coefficient (Wildman–Crippen LogP) is 3.33. The highest BCUT2D eigenvalue weighted by molar-refractivity contribution is 6.02. The molecule has 0 aliphatic heterocycles. The van der Waals surface area contributed by atoms with Gasteiger partial charge in [0, 0.05) is 7.05 Å². The van der Waals surface area contributed by atoms with Crippen molar-refractivity contribution in [3.05, 3.63) is 64.7 Å². The van der Waals surface area contributed by atoms with E-state index < -0.39 is 5.91 Å². The lowest BCUT2D eigenvalue weighted by molar-refractivity contribution is 0.0991. The van der Waals surface area contributed by atoms with Crippen molar-refractivity contribution in [2.75, 3.05) is 5.32 Å². The molecule has 0 saturated heterocycles. The number of ether oxygens (including phenoxy) is 1. The highest BCUT2D eigenvalue weighted by atomic mass is 16.5. The zero-order chi connectivity index (χ0) is 18.7. The third-order valence-electron chi connectivity index (χ3n) is 3.94. The van der Waals surface area contributed by atoms with Gasteiger partial charge in [-0.25, -0.2) is 0 Å². The van der Waals surface area contributed by atoms with Gasteiger partial charge in [0.2, 0.25) is 0 Å². The summed E-state index contributed by atoms with van der Waals surface area (Å²) in [7, 11) is 1.64. The zero-order valence-corrected chi connectivity index (χ0v) is 14.7. The van der Waals surface area contributed by atoms with Crippen molar-refractivity contribution >= 4 is 11.7 Å². The fraction of sp³-hybridized carbons (Fsp3) is 0.211. The van der Waals surface area contributed by atoms with Gasteiger partial charge in [-0.2, -0.15) is 10.4 Å². The Bertz CT molecular complexity index is 974. The fourth-order valence-electron chi connectivity index (χ4n) is 2.58. The summed E-state index contributed by atoms with van der Waals surface area (Å²) in [6, 6.07) is 11.2. The second kappa shape index (κ2) is 7.15. The molecule has 26 heavy (non-hydrogen) atoms. The van der Waals surface area contributed by atoms with E-state index in [0.717, 1.165) is 16.9 Å². The van der Waals surface area contributed by atoms with E-state index in [9.17, 15) is 4.79 Å². The Hall–Kier alpha value is -3.53. The molecule has 0 bridgehead atoms. The van der Waals surface area contributed by atoms with Crippen molar-refractivity contribution < 1.29 is 13.9 Å². The molecular weight excluding hydrogens is 332 g/mol. The number of aromatic nitrogens is 2. The van der Waals surface area contributed by atoms with Crippen molar-refractivity contribution in [1.29, 1.82) is 5.26 Å². The molecule has 1 aromatic carbocycles. The van der Waals surface area contributed by atoms with Crippen molar-refractivity contribution in [2.24, 2.45) is 7.05 Å². The van der Waals surface area contributed by atoms with Gasteiger partial charge in [-0.05, 0) is 37.1 Å². The highest BCUT2D eigenvalue weighted by Gasteiger charge is 2.16. The smallest absolute Gasteiger partial charge is 0.292 e. The Labute approximate surface area is 150 Å². The number of hydrogen-bond acceptors (Lipinski definition) is 5. The molecule has 0 spiro atoms. The second-order valence-electron chi connectivity index (χ2n) is 5.87. The monoisotopic (exact) mass is 350 g/mol.